The number of amides is 2. The summed E-state index contributed by atoms with van der Waals surface area (Å²) >= 11 is 5.43. The van der Waals surface area contributed by atoms with Crippen LogP contribution in [0.4, 0.5) is 5.69 Å². The van der Waals surface area contributed by atoms with Gasteiger partial charge in [0.2, 0.25) is 0 Å². The van der Waals surface area contributed by atoms with Crippen molar-refractivity contribution < 1.29 is 14.7 Å². The molecule has 0 aliphatic rings. The van der Waals surface area contributed by atoms with Gasteiger partial charge in [-0.1, -0.05) is 24.3 Å². The lowest BCUT2D eigenvalue weighted by Crippen LogP contribution is -2.36. The Bertz CT molecular complexity index is 658. The molecule has 3 N–H and O–H groups in total. The molecule has 0 unspecified atom stereocenters. The number of anilines is 1. The minimum absolute atomic E-state index is 0.116. The van der Waals surface area contributed by atoms with Gasteiger partial charge in [0.25, 0.3) is 0 Å². The Morgan fingerprint density at radius 3 is 2.50 bits per heavy atom. The van der Waals surface area contributed by atoms with E-state index in [1.54, 1.807) is 36.4 Å². The van der Waals surface area contributed by atoms with Crippen LogP contribution < -0.4 is 10.6 Å². The first-order valence-corrected chi connectivity index (χ1v) is 6.53. The third-order valence-electron chi connectivity index (χ3n) is 2.73. The van der Waals surface area contributed by atoms with Gasteiger partial charge >= 0.3 is 11.8 Å². The molecule has 0 heterocycles. The van der Waals surface area contributed by atoms with Crippen LogP contribution in [-0.2, 0) is 9.59 Å². The van der Waals surface area contributed by atoms with Crippen LogP contribution in [0, 0.1) is 0 Å². The number of nitrogens with one attached hydrogen (secondary N) is 2. The highest BCUT2D eigenvalue weighted by Crippen LogP contribution is 2.29. The third-order valence-corrected chi connectivity index (χ3v) is 2.92. The lowest BCUT2D eigenvalue weighted by molar-refractivity contribution is -0.136. The highest BCUT2D eigenvalue weighted by atomic mass is 35.5. The minimum atomic E-state index is -0.772. The Kier molecular flexibility index (Phi) is 4.42. The molecule has 2 rings (SSSR count). The number of phenolic OH excluding ortho intramolecular Hbond substituents is 1. The summed E-state index contributed by atoms with van der Waals surface area (Å²) in [6.07, 6.45) is 0. The molecule has 0 aromatic heterocycles. The number of rotatable bonds is 3. The quantitative estimate of drug-likeness (QED) is 0.596. The van der Waals surface area contributed by atoms with Gasteiger partial charge in [-0.2, -0.15) is 0 Å². The molecule has 0 aliphatic carbocycles. The number of hydrogen-bond donors (Lipinski definition) is 3. The summed E-state index contributed by atoms with van der Waals surface area (Å²) in [6, 6.07) is 10.1. The molecule has 2 aromatic carbocycles. The van der Waals surface area contributed by atoms with Gasteiger partial charge in [-0.05, 0) is 12.1 Å². The van der Waals surface area contributed by atoms with Crippen molar-refractivity contribution in [1.82, 2.24) is 5.32 Å². The number of benzene rings is 2. The highest BCUT2D eigenvalue weighted by Gasteiger charge is 2.14. The number of carbonyl (C=O) groups excluding carboxylic acids is 2. The Morgan fingerprint density at radius 2 is 1.75 bits per heavy atom. The fourth-order valence-electron chi connectivity index (χ4n) is 1.82. The van der Waals surface area contributed by atoms with Crippen molar-refractivity contribution in [1.29, 1.82) is 0 Å². The Hall–Kier alpha value is -2.27. The second-order valence-electron chi connectivity index (χ2n) is 4.08. The molecule has 0 spiro atoms. The molecule has 0 atom stereocenters. The molecule has 0 saturated heterocycles. The SMILES string of the molecule is O=C(NCCCl)C(=O)Nc1cccc2c(O)cccc12. The Labute approximate surface area is 120 Å². The van der Waals surface area contributed by atoms with Gasteiger partial charge in [-0.25, -0.2) is 0 Å². The first-order chi connectivity index (χ1) is 9.63. The van der Waals surface area contributed by atoms with E-state index in [1.807, 2.05) is 0 Å². The normalized spacial score (nSPS) is 10.2. The molecule has 0 radical (unpaired) electrons. The van der Waals surface area contributed by atoms with Gasteiger partial charge in [-0.3, -0.25) is 9.59 Å². The van der Waals surface area contributed by atoms with Crippen molar-refractivity contribution in [2.24, 2.45) is 0 Å². The van der Waals surface area contributed by atoms with Crippen LogP contribution >= 0.6 is 11.6 Å². The molecule has 5 nitrogen and oxygen atoms in total. The minimum Gasteiger partial charge on any atom is -0.507 e. The van der Waals surface area contributed by atoms with Gasteiger partial charge in [0.15, 0.2) is 0 Å². The molecule has 0 fully saturated rings. The molecular weight excluding hydrogens is 280 g/mol. The van der Waals surface area contributed by atoms with Gasteiger partial charge < -0.3 is 15.7 Å². The molecule has 20 heavy (non-hydrogen) atoms. The Balaban J connectivity index is 2.24. The zero-order valence-electron chi connectivity index (χ0n) is 10.5. The van der Waals surface area contributed by atoms with Gasteiger partial charge in [-0.15, -0.1) is 11.6 Å². The predicted octanol–water partition coefficient (Wildman–Crippen LogP) is 1.84. The van der Waals surface area contributed by atoms with Gasteiger partial charge in [0.05, 0.1) is 0 Å². The topological polar surface area (TPSA) is 78.4 Å². The van der Waals surface area contributed by atoms with Crippen LogP contribution in [0.25, 0.3) is 10.8 Å². The van der Waals surface area contributed by atoms with E-state index in [2.05, 4.69) is 10.6 Å². The van der Waals surface area contributed by atoms with Crippen molar-refractivity contribution in [2.45, 2.75) is 0 Å². The summed E-state index contributed by atoms with van der Waals surface area (Å²) in [6.45, 7) is 0.226. The van der Waals surface area contributed by atoms with Crippen molar-refractivity contribution >= 4 is 39.9 Å². The average molecular weight is 293 g/mol. The van der Waals surface area contributed by atoms with E-state index in [0.717, 1.165) is 0 Å². The van der Waals surface area contributed by atoms with Crippen LogP contribution in [0.15, 0.2) is 36.4 Å². The zero-order chi connectivity index (χ0) is 14.5. The zero-order valence-corrected chi connectivity index (χ0v) is 11.3. The van der Waals surface area contributed by atoms with Crippen molar-refractivity contribution in [2.75, 3.05) is 17.7 Å². The summed E-state index contributed by atoms with van der Waals surface area (Å²) in [5.41, 5.74) is 0.462. The second kappa shape index (κ2) is 6.25. The Morgan fingerprint density at radius 1 is 1.05 bits per heavy atom. The number of phenols is 1. The van der Waals surface area contributed by atoms with Crippen LogP contribution in [0.2, 0.25) is 0 Å². The van der Waals surface area contributed by atoms with E-state index < -0.39 is 11.8 Å². The standard InChI is InChI=1S/C14H13ClN2O3/c15-7-8-16-13(19)14(20)17-11-5-1-4-10-9(11)3-2-6-12(10)18/h1-6,18H,7-8H2,(H,16,19)(H,17,20). The maximum absolute atomic E-state index is 11.7. The average Bonchev–Trinajstić information content (AvgIpc) is 2.45. The largest absolute Gasteiger partial charge is 0.507 e. The van der Waals surface area contributed by atoms with E-state index in [-0.39, 0.29) is 18.2 Å². The van der Waals surface area contributed by atoms with Gasteiger partial charge in [0.1, 0.15) is 5.75 Å². The molecule has 6 heteroatoms. The highest BCUT2D eigenvalue weighted by molar-refractivity contribution is 6.40. The van der Waals surface area contributed by atoms with E-state index in [4.69, 9.17) is 11.6 Å². The molecule has 0 bridgehead atoms. The number of alkyl halides is 1. The lowest BCUT2D eigenvalue weighted by atomic mass is 10.1. The monoisotopic (exact) mass is 292 g/mol. The van der Waals surface area contributed by atoms with E-state index in [9.17, 15) is 14.7 Å². The predicted molar refractivity (Wildman–Crippen MR) is 78.0 cm³/mol. The van der Waals surface area contributed by atoms with Crippen molar-refractivity contribution in [3.8, 4) is 5.75 Å². The fraction of sp³-hybridized carbons (Fsp3) is 0.143. The molecule has 2 amide bonds. The first-order valence-electron chi connectivity index (χ1n) is 5.99. The first kappa shape index (κ1) is 14.1. The number of hydrogen-bond acceptors (Lipinski definition) is 3. The molecule has 0 aliphatic heterocycles. The fourth-order valence-corrected chi connectivity index (χ4v) is 1.92. The summed E-state index contributed by atoms with van der Waals surface area (Å²) in [5, 5.41) is 15.9. The van der Waals surface area contributed by atoms with Crippen molar-refractivity contribution in [3.05, 3.63) is 36.4 Å². The smallest absolute Gasteiger partial charge is 0.313 e. The maximum Gasteiger partial charge on any atom is 0.313 e. The molecular formula is C14H13ClN2O3. The lowest BCUT2D eigenvalue weighted by Gasteiger charge is -2.09. The van der Waals surface area contributed by atoms with Crippen LogP contribution in [0.3, 0.4) is 0 Å². The molecule has 104 valence electrons. The van der Waals surface area contributed by atoms with E-state index in [1.165, 1.54) is 0 Å². The molecule has 0 saturated carbocycles. The third kappa shape index (κ3) is 3.00. The molecule has 2 aromatic rings. The number of aromatic hydroxyl groups is 1. The van der Waals surface area contributed by atoms with Crippen LogP contribution in [0.1, 0.15) is 0 Å². The number of halogens is 1. The maximum atomic E-state index is 11.7. The summed E-state index contributed by atoms with van der Waals surface area (Å²) in [4.78, 5) is 23.2. The van der Waals surface area contributed by atoms with Crippen LogP contribution in [0.5, 0.6) is 5.75 Å². The van der Waals surface area contributed by atoms with E-state index in [0.29, 0.717) is 16.5 Å². The van der Waals surface area contributed by atoms with E-state index >= 15 is 0 Å². The van der Waals surface area contributed by atoms with Crippen LogP contribution in [-0.4, -0.2) is 29.3 Å². The summed E-state index contributed by atoms with van der Waals surface area (Å²) in [5.74, 6) is -1.17. The number of fused-ring (bicyclic) bond motifs is 1. The summed E-state index contributed by atoms with van der Waals surface area (Å²) in [7, 11) is 0. The number of carbonyl (C=O) groups is 2. The van der Waals surface area contributed by atoms with Crippen molar-refractivity contribution in [3.63, 3.8) is 0 Å². The summed E-state index contributed by atoms with van der Waals surface area (Å²) < 4.78 is 0. The second-order valence-corrected chi connectivity index (χ2v) is 4.45. The van der Waals surface area contributed by atoms with Gasteiger partial charge in [0, 0.05) is 28.9 Å².